The van der Waals surface area contributed by atoms with Gasteiger partial charge in [-0.3, -0.25) is 0 Å². The molecule has 19 heavy (non-hydrogen) atoms. The van der Waals surface area contributed by atoms with Crippen LogP contribution in [0.2, 0.25) is 0 Å². The summed E-state index contributed by atoms with van der Waals surface area (Å²) in [6.07, 6.45) is 8.12. The summed E-state index contributed by atoms with van der Waals surface area (Å²) in [5.74, 6) is 0.0703. The average Bonchev–Trinajstić information content (AvgIpc) is 2.81. The number of carbonyl (C=O) groups is 2. The van der Waals surface area contributed by atoms with Gasteiger partial charge in [0.1, 0.15) is 6.04 Å². The SMILES string of the molecule is O=C(O)C1CSCN1C(=O)NC1CCCCCCC1. The van der Waals surface area contributed by atoms with Crippen molar-refractivity contribution in [2.75, 3.05) is 11.6 Å². The highest BCUT2D eigenvalue weighted by Crippen LogP contribution is 2.22. The highest BCUT2D eigenvalue weighted by Gasteiger charge is 2.35. The third kappa shape index (κ3) is 4.03. The number of carboxylic acids is 1. The summed E-state index contributed by atoms with van der Waals surface area (Å²) in [5, 5.41) is 12.1. The monoisotopic (exact) mass is 286 g/mol. The zero-order chi connectivity index (χ0) is 13.7. The summed E-state index contributed by atoms with van der Waals surface area (Å²) >= 11 is 1.50. The highest BCUT2D eigenvalue weighted by atomic mass is 32.2. The lowest BCUT2D eigenvalue weighted by atomic mass is 9.97. The Bertz CT molecular complexity index is 330. The molecule has 0 aromatic rings. The molecule has 0 aromatic carbocycles. The summed E-state index contributed by atoms with van der Waals surface area (Å²) in [6, 6.07) is -0.658. The van der Waals surface area contributed by atoms with Crippen molar-refractivity contribution in [2.24, 2.45) is 0 Å². The van der Waals surface area contributed by atoms with Crippen molar-refractivity contribution in [1.29, 1.82) is 0 Å². The summed E-state index contributed by atoms with van der Waals surface area (Å²) in [7, 11) is 0. The zero-order valence-electron chi connectivity index (χ0n) is 11.1. The number of aliphatic carboxylic acids is 1. The number of amides is 2. The van der Waals surface area contributed by atoms with Gasteiger partial charge in [-0.25, -0.2) is 9.59 Å². The van der Waals surface area contributed by atoms with E-state index in [0.717, 1.165) is 25.7 Å². The van der Waals surface area contributed by atoms with Crippen LogP contribution in [-0.4, -0.2) is 45.7 Å². The highest BCUT2D eigenvalue weighted by molar-refractivity contribution is 7.99. The summed E-state index contributed by atoms with van der Waals surface area (Å²) in [4.78, 5) is 24.7. The predicted octanol–water partition coefficient (Wildman–Crippen LogP) is 2.27. The molecule has 0 spiro atoms. The second kappa shape index (κ2) is 7.03. The molecule has 6 heteroatoms. The van der Waals surface area contributed by atoms with Crippen LogP contribution in [0, 0.1) is 0 Å². The van der Waals surface area contributed by atoms with Gasteiger partial charge >= 0.3 is 12.0 Å². The molecule has 2 N–H and O–H groups in total. The molecular formula is C13H22N2O3S. The first-order chi connectivity index (χ1) is 9.18. The van der Waals surface area contributed by atoms with Gasteiger partial charge in [0.2, 0.25) is 0 Å². The molecule has 2 aliphatic rings. The molecule has 2 rings (SSSR count). The van der Waals surface area contributed by atoms with E-state index in [1.807, 2.05) is 0 Å². The fourth-order valence-electron chi connectivity index (χ4n) is 2.71. The van der Waals surface area contributed by atoms with Crippen LogP contribution in [0.25, 0.3) is 0 Å². The van der Waals surface area contributed by atoms with E-state index in [1.165, 1.54) is 35.9 Å². The van der Waals surface area contributed by atoms with E-state index < -0.39 is 12.0 Å². The van der Waals surface area contributed by atoms with Gasteiger partial charge in [-0.15, -0.1) is 11.8 Å². The predicted molar refractivity (Wildman–Crippen MR) is 75.2 cm³/mol. The van der Waals surface area contributed by atoms with Gasteiger partial charge in [0, 0.05) is 11.8 Å². The molecule has 1 aliphatic carbocycles. The molecule has 2 amide bonds. The molecule has 0 bridgehead atoms. The molecular weight excluding hydrogens is 264 g/mol. The van der Waals surface area contributed by atoms with Crippen LogP contribution in [0.4, 0.5) is 4.79 Å². The van der Waals surface area contributed by atoms with E-state index in [-0.39, 0.29) is 12.1 Å². The van der Waals surface area contributed by atoms with Gasteiger partial charge in [-0.1, -0.05) is 32.1 Å². The Morgan fingerprint density at radius 2 is 1.74 bits per heavy atom. The number of nitrogens with one attached hydrogen (secondary N) is 1. The van der Waals surface area contributed by atoms with Crippen molar-refractivity contribution >= 4 is 23.8 Å². The van der Waals surface area contributed by atoms with Crippen LogP contribution >= 0.6 is 11.8 Å². The van der Waals surface area contributed by atoms with Crippen LogP contribution in [0.15, 0.2) is 0 Å². The van der Waals surface area contributed by atoms with Crippen LogP contribution in [0.5, 0.6) is 0 Å². The normalized spacial score (nSPS) is 25.7. The average molecular weight is 286 g/mol. The summed E-state index contributed by atoms with van der Waals surface area (Å²) < 4.78 is 0. The van der Waals surface area contributed by atoms with E-state index in [0.29, 0.717) is 11.6 Å². The number of nitrogens with zero attached hydrogens (tertiary/aromatic N) is 1. The number of carboxylic acid groups (broad SMARTS) is 1. The number of rotatable bonds is 2. The maximum absolute atomic E-state index is 12.2. The van der Waals surface area contributed by atoms with E-state index in [1.54, 1.807) is 0 Å². The Kier molecular flexibility index (Phi) is 5.36. The van der Waals surface area contributed by atoms with Crippen LogP contribution in [0.3, 0.4) is 0 Å². The number of thioether (sulfide) groups is 1. The van der Waals surface area contributed by atoms with Crippen LogP contribution < -0.4 is 5.32 Å². The molecule has 1 saturated carbocycles. The van der Waals surface area contributed by atoms with E-state index in [2.05, 4.69) is 5.32 Å². The number of hydrogen-bond donors (Lipinski definition) is 2. The summed E-state index contributed by atoms with van der Waals surface area (Å²) in [6.45, 7) is 0. The molecule has 1 saturated heterocycles. The Balaban J connectivity index is 1.86. The number of hydrogen-bond acceptors (Lipinski definition) is 3. The standard InChI is InChI=1S/C13H22N2O3S/c16-12(17)11-8-19-9-15(11)13(18)14-10-6-4-2-1-3-5-7-10/h10-11H,1-9H2,(H,14,18)(H,16,17). The lowest BCUT2D eigenvalue weighted by Crippen LogP contribution is -2.49. The molecule has 108 valence electrons. The van der Waals surface area contributed by atoms with Crippen molar-refractivity contribution in [1.82, 2.24) is 10.2 Å². The lowest BCUT2D eigenvalue weighted by molar-refractivity contribution is -0.140. The molecule has 0 radical (unpaired) electrons. The first-order valence-corrected chi connectivity index (χ1v) is 8.21. The Morgan fingerprint density at radius 3 is 2.37 bits per heavy atom. The molecule has 1 heterocycles. The fourth-order valence-corrected chi connectivity index (χ4v) is 3.85. The largest absolute Gasteiger partial charge is 0.480 e. The Labute approximate surface area is 118 Å². The van der Waals surface area contributed by atoms with Gasteiger partial charge in [0.05, 0.1) is 5.88 Å². The third-order valence-corrected chi connectivity index (χ3v) is 4.87. The minimum Gasteiger partial charge on any atom is -0.480 e. The Morgan fingerprint density at radius 1 is 1.11 bits per heavy atom. The quantitative estimate of drug-likeness (QED) is 0.817. The number of carbonyl (C=O) groups excluding carboxylic acids is 1. The fraction of sp³-hybridized carbons (Fsp3) is 0.846. The van der Waals surface area contributed by atoms with Crippen molar-refractivity contribution < 1.29 is 14.7 Å². The van der Waals surface area contributed by atoms with E-state index in [4.69, 9.17) is 5.11 Å². The van der Waals surface area contributed by atoms with Crippen molar-refractivity contribution in [3.63, 3.8) is 0 Å². The smallest absolute Gasteiger partial charge is 0.327 e. The summed E-state index contributed by atoms with van der Waals surface area (Å²) in [5.41, 5.74) is 0. The number of urea groups is 1. The maximum atomic E-state index is 12.2. The van der Waals surface area contributed by atoms with E-state index >= 15 is 0 Å². The van der Waals surface area contributed by atoms with Crippen LogP contribution in [-0.2, 0) is 4.79 Å². The van der Waals surface area contributed by atoms with Crippen molar-refractivity contribution in [3.8, 4) is 0 Å². The van der Waals surface area contributed by atoms with Crippen molar-refractivity contribution in [2.45, 2.75) is 57.0 Å². The molecule has 0 aromatic heterocycles. The van der Waals surface area contributed by atoms with Crippen molar-refractivity contribution in [3.05, 3.63) is 0 Å². The van der Waals surface area contributed by atoms with Gasteiger partial charge in [-0.05, 0) is 12.8 Å². The second-order valence-electron chi connectivity index (χ2n) is 5.32. The minimum atomic E-state index is -0.905. The Hall–Kier alpha value is -0.910. The first kappa shape index (κ1) is 14.5. The topological polar surface area (TPSA) is 69.6 Å². The first-order valence-electron chi connectivity index (χ1n) is 7.06. The van der Waals surface area contributed by atoms with Gasteiger partial charge in [0.25, 0.3) is 0 Å². The lowest BCUT2D eigenvalue weighted by Gasteiger charge is -2.26. The molecule has 1 unspecified atom stereocenters. The molecule has 5 nitrogen and oxygen atoms in total. The van der Waals surface area contributed by atoms with Gasteiger partial charge in [-0.2, -0.15) is 0 Å². The molecule has 1 atom stereocenters. The molecule has 1 aliphatic heterocycles. The van der Waals surface area contributed by atoms with Gasteiger partial charge < -0.3 is 15.3 Å². The van der Waals surface area contributed by atoms with Crippen LogP contribution in [0.1, 0.15) is 44.9 Å². The second-order valence-corrected chi connectivity index (χ2v) is 6.32. The third-order valence-electron chi connectivity index (χ3n) is 3.86. The maximum Gasteiger partial charge on any atom is 0.327 e. The minimum absolute atomic E-state index is 0.206. The molecule has 2 fully saturated rings. The zero-order valence-corrected chi connectivity index (χ0v) is 12.0. The van der Waals surface area contributed by atoms with Gasteiger partial charge in [0.15, 0.2) is 0 Å². The van der Waals surface area contributed by atoms with E-state index in [9.17, 15) is 9.59 Å².